The van der Waals surface area contributed by atoms with E-state index in [-0.39, 0.29) is 0 Å². The summed E-state index contributed by atoms with van der Waals surface area (Å²) >= 11 is 0. The van der Waals surface area contributed by atoms with E-state index in [9.17, 15) is 22.8 Å². The standard InChI is InChI=1S/C15H20F3N3O2/c1-3-9(4-2)7-19-15(23)20-8-12(22)21-11-6-5-10(16)13(17)14(11)18/h5-6,9H,3-4,7-8H2,1-2H3,(H,21,22)(H2,19,20,23). The quantitative estimate of drug-likeness (QED) is 0.673. The number of carbonyl (C=O) groups is 2. The summed E-state index contributed by atoms with van der Waals surface area (Å²) < 4.78 is 39.2. The third kappa shape index (κ3) is 5.80. The van der Waals surface area contributed by atoms with Gasteiger partial charge in [0.1, 0.15) is 0 Å². The Labute approximate surface area is 132 Å². The summed E-state index contributed by atoms with van der Waals surface area (Å²) in [4.78, 5) is 23.1. The monoisotopic (exact) mass is 331 g/mol. The van der Waals surface area contributed by atoms with E-state index in [0.717, 1.165) is 18.9 Å². The highest BCUT2D eigenvalue weighted by atomic mass is 19.2. The molecular formula is C15H20F3N3O2. The van der Waals surface area contributed by atoms with Gasteiger partial charge in [-0.15, -0.1) is 0 Å². The number of benzene rings is 1. The van der Waals surface area contributed by atoms with E-state index in [2.05, 4.69) is 16.0 Å². The van der Waals surface area contributed by atoms with Gasteiger partial charge in [0, 0.05) is 6.54 Å². The highest BCUT2D eigenvalue weighted by Crippen LogP contribution is 2.19. The Kier molecular flexibility index (Phi) is 7.37. The second-order valence-electron chi connectivity index (χ2n) is 5.02. The lowest BCUT2D eigenvalue weighted by Gasteiger charge is -2.14. The van der Waals surface area contributed by atoms with Gasteiger partial charge in [-0.3, -0.25) is 4.79 Å². The maximum atomic E-state index is 13.4. The van der Waals surface area contributed by atoms with Crippen molar-refractivity contribution in [2.45, 2.75) is 26.7 Å². The molecule has 0 aliphatic rings. The average Bonchev–Trinajstić information content (AvgIpc) is 2.54. The second kappa shape index (κ2) is 9.02. The maximum absolute atomic E-state index is 13.4. The number of rotatable bonds is 7. The van der Waals surface area contributed by atoms with Crippen molar-refractivity contribution >= 4 is 17.6 Å². The van der Waals surface area contributed by atoms with E-state index in [1.807, 2.05) is 13.8 Å². The lowest BCUT2D eigenvalue weighted by atomic mass is 10.0. The predicted molar refractivity (Wildman–Crippen MR) is 80.4 cm³/mol. The van der Waals surface area contributed by atoms with Gasteiger partial charge >= 0.3 is 6.03 Å². The molecule has 0 saturated carbocycles. The van der Waals surface area contributed by atoms with Crippen LogP contribution in [-0.2, 0) is 4.79 Å². The molecule has 0 saturated heterocycles. The second-order valence-corrected chi connectivity index (χ2v) is 5.02. The van der Waals surface area contributed by atoms with Gasteiger partial charge in [-0.05, 0) is 18.1 Å². The van der Waals surface area contributed by atoms with Gasteiger partial charge in [0.25, 0.3) is 0 Å². The highest BCUT2D eigenvalue weighted by Gasteiger charge is 2.15. The van der Waals surface area contributed by atoms with E-state index in [1.54, 1.807) is 0 Å². The van der Waals surface area contributed by atoms with Crippen molar-refractivity contribution in [2.24, 2.45) is 5.92 Å². The summed E-state index contributed by atoms with van der Waals surface area (Å²) in [5.41, 5.74) is -0.492. The molecule has 8 heteroatoms. The van der Waals surface area contributed by atoms with Crippen LogP contribution in [0.1, 0.15) is 26.7 Å². The van der Waals surface area contributed by atoms with Crippen LogP contribution in [0.25, 0.3) is 0 Å². The average molecular weight is 331 g/mol. The Hall–Kier alpha value is -2.25. The molecule has 1 rings (SSSR count). The molecule has 0 spiro atoms. The zero-order valence-electron chi connectivity index (χ0n) is 13.0. The highest BCUT2D eigenvalue weighted by molar-refractivity contribution is 5.94. The van der Waals surface area contributed by atoms with Gasteiger partial charge < -0.3 is 16.0 Å². The fourth-order valence-electron chi connectivity index (χ4n) is 1.85. The Balaban J connectivity index is 2.43. The summed E-state index contributed by atoms with van der Waals surface area (Å²) in [6.07, 6.45) is 1.85. The molecule has 3 amide bonds. The first-order valence-corrected chi connectivity index (χ1v) is 7.34. The van der Waals surface area contributed by atoms with Crippen LogP contribution in [-0.4, -0.2) is 25.0 Å². The molecule has 0 bridgehead atoms. The van der Waals surface area contributed by atoms with Crippen molar-refractivity contribution in [1.82, 2.24) is 10.6 Å². The first kappa shape index (κ1) is 18.8. The molecule has 0 fully saturated rings. The minimum absolute atomic E-state index is 0.353. The molecular weight excluding hydrogens is 311 g/mol. The smallest absolute Gasteiger partial charge is 0.315 e. The Morgan fingerprint density at radius 3 is 2.30 bits per heavy atom. The first-order valence-electron chi connectivity index (χ1n) is 7.34. The molecule has 0 atom stereocenters. The van der Waals surface area contributed by atoms with E-state index >= 15 is 0 Å². The van der Waals surface area contributed by atoms with Crippen LogP contribution in [0.4, 0.5) is 23.7 Å². The van der Waals surface area contributed by atoms with Crippen LogP contribution in [0.15, 0.2) is 12.1 Å². The van der Waals surface area contributed by atoms with Crippen molar-refractivity contribution in [3.8, 4) is 0 Å². The van der Waals surface area contributed by atoms with Crippen LogP contribution in [0.3, 0.4) is 0 Å². The summed E-state index contributed by atoms with van der Waals surface area (Å²) in [6, 6.07) is 1.07. The Morgan fingerprint density at radius 2 is 1.70 bits per heavy atom. The topological polar surface area (TPSA) is 70.2 Å². The molecule has 0 aliphatic carbocycles. The molecule has 0 radical (unpaired) electrons. The Bertz CT molecular complexity index is 563. The van der Waals surface area contributed by atoms with Crippen molar-refractivity contribution in [3.63, 3.8) is 0 Å². The van der Waals surface area contributed by atoms with Crippen molar-refractivity contribution in [1.29, 1.82) is 0 Å². The zero-order valence-corrected chi connectivity index (χ0v) is 13.0. The molecule has 5 nitrogen and oxygen atoms in total. The fourth-order valence-corrected chi connectivity index (χ4v) is 1.85. The fraction of sp³-hybridized carbons (Fsp3) is 0.467. The number of amides is 3. The maximum Gasteiger partial charge on any atom is 0.315 e. The number of nitrogens with one attached hydrogen (secondary N) is 3. The number of anilines is 1. The zero-order chi connectivity index (χ0) is 17.4. The third-order valence-corrected chi connectivity index (χ3v) is 3.42. The van der Waals surface area contributed by atoms with Gasteiger partial charge in [0.15, 0.2) is 17.5 Å². The summed E-state index contributed by atoms with van der Waals surface area (Å²) in [6.45, 7) is 4.08. The van der Waals surface area contributed by atoms with Gasteiger partial charge in [-0.25, -0.2) is 18.0 Å². The lowest BCUT2D eigenvalue weighted by Crippen LogP contribution is -2.41. The van der Waals surface area contributed by atoms with Crippen molar-refractivity contribution in [3.05, 3.63) is 29.6 Å². The summed E-state index contributed by atoms with van der Waals surface area (Å²) in [7, 11) is 0. The molecule has 1 aromatic carbocycles. The predicted octanol–water partition coefficient (Wildman–Crippen LogP) is 2.78. The number of halogens is 3. The normalized spacial score (nSPS) is 10.5. The minimum atomic E-state index is -1.67. The van der Waals surface area contributed by atoms with Crippen molar-refractivity contribution in [2.75, 3.05) is 18.4 Å². The number of hydrogen-bond acceptors (Lipinski definition) is 2. The third-order valence-electron chi connectivity index (χ3n) is 3.42. The van der Waals surface area contributed by atoms with Crippen LogP contribution in [0.5, 0.6) is 0 Å². The number of urea groups is 1. The van der Waals surface area contributed by atoms with Gasteiger partial charge in [0.2, 0.25) is 5.91 Å². The molecule has 0 aliphatic heterocycles. The van der Waals surface area contributed by atoms with E-state index in [1.165, 1.54) is 0 Å². The molecule has 0 unspecified atom stereocenters. The summed E-state index contributed by atoms with van der Waals surface area (Å²) in [5, 5.41) is 6.98. The summed E-state index contributed by atoms with van der Waals surface area (Å²) in [5.74, 6) is -4.91. The number of carbonyl (C=O) groups excluding carboxylic acids is 2. The van der Waals surface area contributed by atoms with Crippen LogP contribution < -0.4 is 16.0 Å². The molecule has 1 aromatic rings. The Morgan fingerprint density at radius 1 is 1.04 bits per heavy atom. The SMILES string of the molecule is CCC(CC)CNC(=O)NCC(=O)Nc1ccc(F)c(F)c1F. The first-order chi connectivity index (χ1) is 10.9. The molecule has 0 heterocycles. The largest absolute Gasteiger partial charge is 0.338 e. The molecule has 128 valence electrons. The van der Waals surface area contributed by atoms with Crippen molar-refractivity contribution < 1.29 is 22.8 Å². The van der Waals surface area contributed by atoms with Crippen LogP contribution in [0, 0.1) is 23.4 Å². The van der Waals surface area contributed by atoms with Gasteiger partial charge in [0.05, 0.1) is 12.2 Å². The molecule has 0 aromatic heterocycles. The minimum Gasteiger partial charge on any atom is -0.338 e. The van der Waals surface area contributed by atoms with E-state index in [4.69, 9.17) is 0 Å². The molecule has 23 heavy (non-hydrogen) atoms. The van der Waals surface area contributed by atoms with Gasteiger partial charge in [-0.2, -0.15) is 0 Å². The lowest BCUT2D eigenvalue weighted by molar-refractivity contribution is -0.115. The van der Waals surface area contributed by atoms with E-state index < -0.39 is 41.6 Å². The van der Waals surface area contributed by atoms with Gasteiger partial charge in [-0.1, -0.05) is 26.7 Å². The van der Waals surface area contributed by atoms with E-state index in [0.29, 0.717) is 18.5 Å². The van der Waals surface area contributed by atoms with Crippen LogP contribution in [0.2, 0.25) is 0 Å². The molecule has 3 N–H and O–H groups in total. The number of hydrogen-bond donors (Lipinski definition) is 3. The van der Waals surface area contributed by atoms with Crippen LogP contribution >= 0.6 is 0 Å².